The van der Waals surface area contributed by atoms with Gasteiger partial charge in [0.25, 0.3) is 5.69 Å². The highest BCUT2D eigenvalue weighted by atomic mass is 79.9. The number of rotatable bonds is 6. The van der Waals surface area contributed by atoms with Gasteiger partial charge in [-0.3, -0.25) is 14.9 Å². The maximum Gasteiger partial charge on any atom is 0.285 e. The lowest BCUT2D eigenvalue weighted by molar-refractivity contribution is -0.383. The molecule has 0 fully saturated rings. The van der Waals surface area contributed by atoms with E-state index in [1.807, 2.05) is 0 Å². The molecule has 33 heavy (non-hydrogen) atoms. The smallest absolute Gasteiger partial charge is 0.285 e. The van der Waals surface area contributed by atoms with E-state index in [1.165, 1.54) is 13.2 Å². The molecule has 0 radical (unpaired) electrons. The average molecular weight is 504 g/mol. The number of carbonyl (C=O) groups is 1. The summed E-state index contributed by atoms with van der Waals surface area (Å²) in [6.07, 6.45) is 0. The molecule has 4 aromatic carbocycles. The monoisotopic (exact) mass is 503 g/mol. The molecule has 0 aliphatic carbocycles. The Morgan fingerprint density at radius 3 is 2.15 bits per heavy atom. The van der Waals surface area contributed by atoms with Gasteiger partial charge >= 0.3 is 0 Å². The summed E-state index contributed by atoms with van der Waals surface area (Å²) in [5, 5.41) is 23.4. The van der Waals surface area contributed by atoms with Gasteiger partial charge in [-0.1, -0.05) is 58.4 Å². The molecule has 0 atom stereocenters. The molecular formula is C26H18BrNO5. The number of aromatic hydroxyl groups is 1. The van der Waals surface area contributed by atoms with Crippen molar-refractivity contribution in [1.82, 2.24) is 0 Å². The maximum absolute atomic E-state index is 13.5. The number of phenolic OH excluding ortho intramolecular Hbond substituents is 1. The van der Waals surface area contributed by atoms with Crippen LogP contribution in [0, 0.1) is 10.1 Å². The topological polar surface area (TPSA) is 89.7 Å². The zero-order valence-corrected chi connectivity index (χ0v) is 19.1. The van der Waals surface area contributed by atoms with Crippen LogP contribution in [0.1, 0.15) is 15.9 Å². The van der Waals surface area contributed by atoms with E-state index < -0.39 is 10.7 Å². The van der Waals surface area contributed by atoms with Gasteiger partial charge in [0.1, 0.15) is 11.5 Å². The molecule has 0 heterocycles. The van der Waals surface area contributed by atoms with Crippen molar-refractivity contribution in [3.8, 4) is 33.8 Å². The number of halogens is 1. The van der Waals surface area contributed by atoms with E-state index in [4.69, 9.17) is 4.74 Å². The second-order valence-electron chi connectivity index (χ2n) is 7.23. The lowest BCUT2D eigenvalue weighted by atomic mass is 9.87. The van der Waals surface area contributed by atoms with Gasteiger partial charge in [0.05, 0.1) is 28.7 Å². The number of phenols is 1. The third-order valence-electron chi connectivity index (χ3n) is 5.26. The largest absolute Gasteiger partial charge is 0.507 e. The van der Waals surface area contributed by atoms with Crippen LogP contribution >= 0.6 is 15.9 Å². The summed E-state index contributed by atoms with van der Waals surface area (Å²) >= 11 is 3.33. The van der Waals surface area contributed by atoms with Gasteiger partial charge in [-0.2, -0.15) is 0 Å². The van der Waals surface area contributed by atoms with E-state index in [0.717, 1.165) is 4.47 Å². The van der Waals surface area contributed by atoms with Crippen molar-refractivity contribution in [1.29, 1.82) is 0 Å². The van der Waals surface area contributed by atoms with E-state index in [-0.39, 0.29) is 28.1 Å². The number of methoxy groups -OCH3 is 1. The van der Waals surface area contributed by atoms with E-state index in [9.17, 15) is 20.0 Å². The number of nitrogens with zero attached hydrogens (tertiary/aromatic N) is 1. The van der Waals surface area contributed by atoms with Crippen LogP contribution < -0.4 is 4.74 Å². The van der Waals surface area contributed by atoms with Crippen molar-refractivity contribution in [3.63, 3.8) is 0 Å². The molecule has 1 N–H and O–H groups in total. The summed E-state index contributed by atoms with van der Waals surface area (Å²) in [5.41, 5.74) is 1.14. The summed E-state index contributed by atoms with van der Waals surface area (Å²) in [4.78, 5) is 25.3. The number of nitro benzene ring substituents is 1. The second kappa shape index (κ2) is 9.26. The highest BCUT2D eigenvalue weighted by molar-refractivity contribution is 9.10. The first-order valence-electron chi connectivity index (χ1n) is 9.95. The van der Waals surface area contributed by atoms with Crippen LogP contribution in [-0.2, 0) is 0 Å². The lowest BCUT2D eigenvalue weighted by Gasteiger charge is -2.16. The first-order chi connectivity index (χ1) is 15.9. The van der Waals surface area contributed by atoms with Crippen LogP contribution in [0.3, 0.4) is 0 Å². The molecule has 0 saturated heterocycles. The number of carbonyl (C=O) groups excluding carboxylic acids is 1. The molecule has 0 aliphatic heterocycles. The van der Waals surface area contributed by atoms with Crippen LogP contribution in [0.2, 0.25) is 0 Å². The Bertz CT molecular complexity index is 1330. The van der Waals surface area contributed by atoms with Crippen molar-refractivity contribution < 1.29 is 19.6 Å². The number of hydrogen-bond donors (Lipinski definition) is 1. The first kappa shape index (κ1) is 22.2. The fourth-order valence-corrected chi connectivity index (χ4v) is 3.96. The fourth-order valence-electron chi connectivity index (χ4n) is 3.70. The van der Waals surface area contributed by atoms with Crippen LogP contribution in [0.15, 0.2) is 89.4 Å². The Balaban J connectivity index is 2.07. The normalized spacial score (nSPS) is 10.6. The summed E-state index contributed by atoms with van der Waals surface area (Å²) in [6.45, 7) is 0. The molecule has 0 unspecified atom stereocenters. The zero-order valence-electron chi connectivity index (χ0n) is 17.5. The quantitative estimate of drug-likeness (QED) is 0.181. The van der Waals surface area contributed by atoms with Gasteiger partial charge in [0.15, 0.2) is 5.78 Å². The SMILES string of the molecule is COc1ccc(-c2c(C(=O)c3ccc(Br)cc3)c(O)cc(-c3ccccc3)c2[N+](=O)[O-])cc1. The van der Waals surface area contributed by atoms with E-state index in [1.54, 1.807) is 78.9 Å². The zero-order chi connectivity index (χ0) is 23.5. The molecule has 164 valence electrons. The van der Waals surface area contributed by atoms with Gasteiger partial charge in [-0.25, -0.2) is 0 Å². The lowest BCUT2D eigenvalue weighted by Crippen LogP contribution is -2.08. The van der Waals surface area contributed by atoms with Crippen molar-refractivity contribution in [2.24, 2.45) is 0 Å². The van der Waals surface area contributed by atoms with Gasteiger partial charge in [0.2, 0.25) is 0 Å². The molecule has 0 spiro atoms. The summed E-state index contributed by atoms with van der Waals surface area (Å²) in [5.74, 6) is -0.294. The van der Waals surface area contributed by atoms with E-state index >= 15 is 0 Å². The summed E-state index contributed by atoms with van der Waals surface area (Å²) in [6, 6.07) is 23.2. The van der Waals surface area contributed by atoms with Crippen molar-refractivity contribution in [2.45, 2.75) is 0 Å². The van der Waals surface area contributed by atoms with Crippen LogP contribution in [-0.4, -0.2) is 22.9 Å². The minimum Gasteiger partial charge on any atom is -0.507 e. The third kappa shape index (κ3) is 4.36. The molecule has 0 aromatic heterocycles. The number of ether oxygens (including phenoxy) is 1. The Hall–Kier alpha value is -3.97. The van der Waals surface area contributed by atoms with Gasteiger partial charge < -0.3 is 9.84 Å². The third-order valence-corrected chi connectivity index (χ3v) is 5.79. The Labute approximate surface area is 198 Å². The second-order valence-corrected chi connectivity index (χ2v) is 8.15. The van der Waals surface area contributed by atoms with Gasteiger partial charge in [-0.05, 0) is 53.6 Å². The summed E-state index contributed by atoms with van der Waals surface area (Å²) in [7, 11) is 1.52. The molecule has 4 rings (SSSR count). The first-order valence-corrected chi connectivity index (χ1v) is 10.7. The molecule has 7 heteroatoms. The van der Waals surface area contributed by atoms with Crippen LogP contribution in [0.25, 0.3) is 22.3 Å². The maximum atomic E-state index is 13.5. The predicted molar refractivity (Wildman–Crippen MR) is 130 cm³/mol. The number of hydrogen-bond acceptors (Lipinski definition) is 5. The molecule has 0 bridgehead atoms. The predicted octanol–water partition coefficient (Wildman–Crippen LogP) is 6.64. The van der Waals surface area contributed by atoms with Gasteiger partial charge in [0, 0.05) is 10.0 Å². The Morgan fingerprint density at radius 2 is 1.58 bits per heavy atom. The minimum atomic E-state index is -0.520. The van der Waals surface area contributed by atoms with E-state index in [0.29, 0.717) is 22.4 Å². The number of benzene rings is 4. The minimum absolute atomic E-state index is 0.0504. The number of ketones is 1. The van der Waals surface area contributed by atoms with Crippen LogP contribution in [0.4, 0.5) is 5.69 Å². The Kier molecular flexibility index (Phi) is 6.24. The van der Waals surface area contributed by atoms with Gasteiger partial charge in [-0.15, -0.1) is 0 Å². The molecule has 0 aliphatic rings. The highest BCUT2D eigenvalue weighted by Crippen LogP contribution is 2.46. The van der Waals surface area contributed by atoms with Crippen molar-refractivity contribution >= 4 is 27.4 Å². The van der Waals surface area contributed by atoms with Crippen LogP contribution in [0.5, 0.6) is 11.5 Å². The molecule has 0 saturated carbocycles. The van der Waals surface area contributed by atoms with Crippen molar-refractivity contribution in [2.75, 3.05) is 7.11 Å². The standard InChI is InChI=1S/C26H18BrNO5/c1-33-20-13-9-17(10-14-20)23-24(26(30)18-7-11-19(27)12-8-18)22(29)15-21(25(23)28(31)32)16-5-3-2-4-6-16/h2-15,29H,1H3. The van der Waals surface area contributed by atoms with E-state index in [2.05, 4.69) is 15.9 Å². The Morgan fingerprint density at radius 1 is 0.939 bits per heavy atom. The number of nitro groups is 1. The molecule has 4 aromatic rings. The summed E-state index contributed by atoms with van der Waals surface area (Å²) < 4.78 is 5.98. The fraction of sp³-hybridized carbons (Fsp3) is 0.0385. The highest BCUT2D eigenvalue weighted by Gasteiger charge is 2.31. The molecular weight excluding hydrogens is 486 g/mol. The molecule has 6 nitrogen and oxygen atoms in total. The van der Waals surface area contributed by atoms with Crippen molar-refractivity contribution in [3.05, 3.63) is 111 Å². The average Bonchev–Trinajstić information content (AvgIpc) is 2.84. The molecule has 0 amide bonds.